The number of nitrogens with zero attached hydrogens (tertiary/aromatic N) is 1. The second-order valence-electron chi connectivity index (χ2n) is 7.39. The molecule has 1 heterocycles. The zero-order valence-electron chi connectivity index (χ0n) is 19.2. The summed E-state index contributed by atoms with van der Waals surface area (Å²) in [6, 6.07) is 8.17. The van der Waals surface area contributed by atoms with Crippen molar-refractivity contribution in [2.24, 2.45) is 0 Å². The van der Waals surface area contributed by atoms with E-state index >= 15 is 0 Å². The van der Waals surface area contributed by atoms with E-state index in [0.717, 1.165) is 23.8 Å². The van der Waals surface area contributed by atoms with Crippen LogP contribution in [0.15, 0.2) is 35.2 Å². The van der Waals surface area contributed by atoms with Gasteiger partial charge in [-0.3, -0.25) is 19.3 Å². The van der Waals surface area contributed by atoms with Crippen molar-refractivity contribution < 1.29 is 28.7 Å². The Bertz CT molecular complexity index is 1250. The largest absolute Gasteiger partial charge is 0.492 e. The number of ether oxygens (including phenoxy) is 2. The van der Waals surface area contributed by atoms with Gasteiger partial charge in [0.15, 0.2) is 0 Å². The normalized spacial score (nSPS) is 14.4. The molecule has 0 radical (unpaired) electrons. The molecular formula is C24H21ClI2N2O6S. The van der Waals surface area contributed by atoms with Gasteiger partial charge in [-0.2, -0.15) is 0 Å². The maximum absolute atomic E-state index is 12.9. The topological polar surface area (TPSA) is 102 Å². The number of imide groups is 1. The van der Waals surface area contributed by atoms with Crippen LogP contribution in [0.5, 0.6) is 5.75 Å². The smallest absolute Gasteiger partial charge is 0.339 e. The third kappa shape index (κ3) is 7.13. The maximum Gasteiger partial charge on any atom is 0.339 e. The van der Waals surface area contributed by atoms with Crippen LogP contribution in [0.3, 0.4) is 0 Å². The Balaban J connectivity index is 1.74. The first kappa shape index (κ1) is 28.7. The summed E-state index contributed by atoms with van der Waals surface area (Å²) in [6.45, 7) is 3.93. The van der Waals surface area contributed by atoms with Gasteiger partial charge < -0.3 is 14.8 Å². The van der Waals surface area contributed by atoms with E-state index in [0.29, 0.717) is 24.3 Å². The molecule has 0 aromatic heterocycles. The van der Waals surface area contributed by atoms with Crippen molar-refractivity contribution in [3.63, 3.8) is 0 Å². The molecule has 2 aromatic rings. The van der Waals surface area contributed by atoms with Gasteiger partial charge in [0.25, 0.3) is 11.1 Å². The van der Waals surface area contributed by atoms with E-state index in [1.165, 1.54) is 18.2 Å². The summed E-state index contributed by atoms with van der Waals surface area (Å²) in [5.41, 5.74) is 1.06. The van der Waals surface area contributed by atoms with E-state index in [9.17, 15) is 19.2 Å². The van der Waals surface area contributed by atoms with Crippen LogP contribution in [0, 0.1) is 7.14 Å². The van der Waals surface area contributed by atoms with E-state index in [1.807, 2.05) is 26.0 Å². The summed E-state index contributed by atoms with van der Waals surface area (Å²) < 4.78 is 12.7. The number of hydrogen-bond donors (Lipinski definition) is 1. The number of nitrogens with one attached hydrogen (secondary N) is 1. The summed E-state index contributed by atoms with van der Waals surface area (Å²) >= 11 is 11.2. The third-order valence-corrected chi connectivity index (χ3v) is 7.36. The summed E-state index contributed by atoms with van der Waals surface area (Å²) in [4.78, 5) is 51.4. The number of benzene rings is 2. The number of hydrogen-bond acceptors (Lipinski definition) is 7. The summed E-state index contributed by atoms with van der Waals surface area (Å²) in [5.74, 6) is -1.16. The Morgan fingerprint density at radius 1 is 1.17 bits per heavy atom. The average Bonchev–Trinajstić information content (AvgIpc) is 3.08. The fourth-order valence-corrected chi connectivity index (χ4v) is 6.21. The molecule has 3 amide bonds. The molecule has 1 fully saturated rings. The number of esters is 1. The van der Waals surface area contributed by atoms with Gasteiger partial charge in [0.1, 0.15) is 12.3 Å². The molecule has 0 aliphatic carbocycles. The van der Waals surface area contributed by atoms with Crippen LogP contribution in [-0.4, -0.2) is 47.7 Å². The van der Waals surface area contributed by atoms with Crippen LogP contribution in [0.25, 0.3) is 6.08 Å². The van der Waals surface area contributed by atoms with Crippen molar-refractivity contribution >= 4 is 103 Å². The number of carbonyl (C=O) groups is 4. The van der Waals surface area contributed by atoms with Gasteiger partial charge in [0, 0.05) is 14.8 Å². The minimum atomic E-state index is -0.606. The van der Waals surface area contributed by atoms with Crippen LogP contribution in [0.1, 0.15) is 36.2 Å². The molecule has 0 spiro atoms. The van der Waals surface area contributed by atoms with Crippen molar-refractivity contribution in [2.45, 2.75) is 20.3 Å². The van der Waals surface area contributed by atoms with Crippen molar-refractivity contribution in [1.82, 2.24) is 4.90 Å². The summed E-state index contributed by atoms with van der Waals surface area (Å²) in [6.07, 6.45) is 2.26. The highest BCUT2D eigenvalue weighted by Crippen LogP contribution is 2.36. The quantitative estimate of drug-likeness (QED) is 0.185. The molecule has 1 aliphatic heterocycles. The first-order chi connectivity index (χ1) is 17.1. The van der Waals surface area contributed by atoms with Gasteiger partial charge in [-0.25, -0.2) is 4.79 Å². The molecule has 3 rings (SSSR count). The Labute approximate surface area is 244 Å². The highest BCUT2D eigenvalue weighted by molar-refractivity contribution is 14.1. The molecule has 2 aromatic carbocycles. The second-order valence-corrected chi connectivity index (χ2v) is 11.2. The molecule has 8 nitrogen and oxygen atoms in total. The number of rotatable bonds is 9. The van der Waals surface area contributed by atoms with Crippen LogP contribution in [0.4, 0.5) is 10.5 Å². The molecule has 1 saturated heterocycles. The minimum absolute atomic E-state index is 0.106. The minimum Gasteiger partial charge on any atom is -0.492 e. The third-order valence-electron chi connectivity index (χ3n) is 4.70. The molecule has 0 atom stereocenters. The van der Waals surface area contributed by atoms with Gasteiger partial charge in [-0.05, 0) is 107 Å². The predicted octanol–water partition coefficient (Wildman–Crippen LogP) is 6.19. The lowest BCUT2D eigenvalue weighted by atomic mass is 10.2. The Kier molecular flexibility index (Phi) is 10.5. The highest BCUT2D eigenvalue weighted by Gasteiger charge is 2.36. The highest BCUT2D eigenvalue weighted by atomic mass is 127. The van der Waals surface area contributed by atoms with Crippen molar-refractivity contribution in [1.29, 1.82) is 0 Å². The molecule has 1 aliphatic rings. The second kappa shape index (κ2) is 13.1. The average molecular weight is 755 g/mol. The van der Waals surface area contributed by atoms with Crippen LogP contribution in [0.2, 0.25) is 5.02 Å². The van der Waals surface area contributed by atoms with Crippen LogP contribution >= 0.6 is 68.5 Å². The van der Waals surface area contributed by atoms with Gasteiger partial charge in [0.2, 0.25) is 5.91 Å². The zero-order valence-corrected chi connectivity index (χ0v) is 25.1. The first-order valence-electron chi connectivity index (χ1n) is 10.8. The lowest BCUT2D eigenvalue weighted by Crippen LogP contribution is -2.36. The molecule has 36 heavy (non-hydrogen) atoms. The Morgan fingerprint density at radius 3 is 2.61 bits per heavy atom. The molecule has 12 heteroatoms. The monoisotopic (exact) mass is 754 g/mol. The number of halogens is 3. The predicted molar refractivity (Wildman–Crippen MR) is 156 cm³/mol. The number of thioether (sulfide) groups is 1. The van der Waals surface area contributed by atoms with Crippen LogP contribution < -0.4 is 10.1 Å². The molecule has 0 unspecified atom stereocenters. The molecule has 0 saturated carbocycles. The van der Waals surface area contributed by atoms with Crippen molar-refractivity contribution in [3.05, 3.63) is 58.5 Å². The first-order valence-corrected chi connectivity index (χ1v) is 14.1. The lowest BCUT2D eigenvalue weighted by molar-refractivity contribution is -0.127. The van der Waals surface area contributed by atoms with Gasteiger partial charge in [-0.15, -0.1) is 0 Å². The van der Waals surface area contributed by atoms with E-state index in [-0.39, 0.29) is 27.8 Å². The fraction of sp³-hybridized carbons (Fsp3) is 0.250. The SMILES string of the molecule is CCCOC(=O)c1cc(NC(=O)CN2C(=O)S/C(=C/c3cc(I)cc(I)c3OCC)C2=O)ccc1Cl. The van der Waals surface area contributed by atoms with E-state index in [2.05, 4.69) is 50.5 Å². The summed E-state index contributed by atoms with van der Waals surface area (Å²) in [5, 5.41) is 2.22. The molecule has 190 valence electrons. The van der Waals surface area contributed by atoms with Crippen LogP contribution in [-0.2, 0) is 14.3 Å². The van der Waals surface area contributed by atoms with Gasteiger partial charge in [-0.1, -0.05) is 18.5 Å². The summed E-state index contributed by atoms with van der Waals surface area (Å²) in [7, 11) is 0. The van der Waals surface area contributed by atoms with Gasteiger partial charge >= 0.3 is 5.97 Å². The Hall–Kier alpha value is -1.84. The molecular weight excluding hydrogens is 734 g/mol. The number of carbonyl (C=O) groups excluding carboxylic acids is 4. The fourth-order valence-electron chi connectivity index (χ4n) is 3.14. The van der Waals surface area contributed by atoms with Crippen molar-refractivity contribution in [2.75, 3.05) is 25.1 Å². The van der Waals surface area contributed by atoms with E-state index in [1.54, 1.807) is 6.08 Å². The van der Waals surface area contributed by atoms with Crippen molar-refractivity contribution in [3.8, 4) is 5.75 Å². The maximum atomic E-state index is 12.9. The molecule has 0 bridgehead atoms. The van der Waals surface area contributed by atoms with E-state index in [4.69, 9.17) is 21.1 Å². The standard InChI is InChI=1S/C24H21ClI2N2O6S/c1-3-7-35-23(32)16-11-15(5-6-17(16)25)28-20(30)12-29-22(31)19(36-24(29)33)9-13-8-14(26)10-18(27)21(13)34-4-2/h5-6,8-11H,3-4,7,12H2,1-2H3,(H,28,30)/b19-9+. The Morgan fingerprint density at radius 2 is 1.92 bits per heavy atom. The lowest BCUT2D eigenvalue weighted by Gasteiger charge is -2.13. The van der Waals surface area contributed by atoms with E-state index < -0.39 is 29.6 Å². The van der Waals surface area contributed by atoms with Gasteiger partial charge in [0.05, 0.1) is 32.3 Å². The zero-order chi connectivity index (χ0) is 26.4. The number of anilines is 1. The number of amides is 3. The molecule has 1 N–H and O–H groups in total.